The van der Waals surface area contributed by atoms with Crippen molar-refractivity contribution >= 4 is 17.3 Å². The Kier molecular flexibility index (Phi) is 5.20. The fraction of sp³-hybridized carbons (Fsp3) is 0.280. The number of fused-ring (bicyclic) bond motifs is 3. The Morgan fingerprint density at radius 1 is 0.867 bits per heavy atom. The maximum atomic E-state index is 13.3. The zero-order valence-corrected chi connectivity index (χ0v) is 17.0. The lowest BCUT2D eigenvalue weighted by Gasteiger charge is -2.42. The topological polar surface area (TPSA) is 39.7 Å². The molecule has 0 N–H and O–H groups in total. The summed E-state index contributed by atoms with van der Waals surface area (Å²) < 4.78 is 0. The molecule has 3 aromatic rings. The van der Waals surface area contributed by atoms with Crippen LogP contribution in [0.4, 0.5) is 11.4 Å². The van der Waals surface area contributed by atoms with Gasteiger partial charge in [0, 0.05) is 56.7 Å². The molecule has 0 radical (unpaired) electrons. The van der Waals surface area contributed by atoms with Crippen LogP contribution in [0.2, 0.25) is 0 Å². The number of piperazine rings is 1. The second-order valence-electron chi connectivity index (χ2n) is 8.04. The maximum Gasteiger partial charge on any atom is 0.258 e. The quantitative estimate of drug-likeness (QED) is 0.672. The van der Waals surface area contributed by atoms with Crippen molar-refractivity contribution in [1.29, 1.82) is 0 Å². The zero-order chi connectivity index (χ0) is 20.3. The number of amides is 1. The molecule has 5 rings (SSSR count). The standard InChI is InChI=1S/C25H26N4O/c30-25(21-10-13-26-14-11-21)29-15-12-22-19-27(18-20-6-2-1-3-7-20)16-17-28(22)23-8-4-5-9-24(23)29/h1-11,13-14,22H,12,15-19H2. The molecule has 1 aromatic heterocycles. The first-order valence-electron chi connectivity index (χ1n) is 10.6. The summed E-state index contributed by atoms with van der Waals surface area (Å²) in [6.07, 6.45) is 4.32. The smallest absolute Gasteiger partial charge is 0.258 e. The third-order valence-corrected chi connectivity index (χ3v) is 6.16. The van der Waals surface area contributed by atoms with Crippen LogP contribution >= 0.6 is 0 Å². The van der Waals surface area contributed by atoms with Gasteiger partial charge in [-0.15, -0.1) is 0 Å². The number of benzene rings is 2. The van der Waals surface area contributed by atoms with Gasteiger partial charge in [0.05, 0.1) is 11.4 Å². The molecule has 2 aliphatic heterocycles. The molecule has 1 saturated heterocycles. The van der Waals surface area contributed by atoms with Crippen molar-refractivity contribution in [2.24, 2.45) is 0 Å². The van der Waals surface area contributed by atoms with Gasteiger partial charge >= 0.3 is 0 Å². The SMILES string of the molecule is O=C(c1ccncc1)N1CCC2CN(Cc3ccccc3)CCN2c2ccccc21. The molecule has 1 amide bonds. The lowest BCUT2D eigenvalue weighted by molar-refractivity contribution is 0.0986. The third kappa shape index (κ3) is 3.68. The lowest BCUT2D eigenvalue weighted by atomic mass is 10.1. The van der Waals surface area contributed by atoms with Crippen LogP contribution in [0.25, 0.3) is 0 Å². The number of carbonyl (C=O) groups excluding carboxylic acids is 1. The molecule has 5 heteroatoms. The average Bonchev–Trinajstić information content (AvgIpc) is 2.97. The number of hydrogen-bond donors (Lipinski definition) is 0. The van der Waals surface area contributed by atoms with Gasteiger partial charge < -0.3 is 9.80 Å². The van der Waals surface area contributed by atoms with Crippen LogP contribution in [0.3, 0.4) is 0 Å². The molecular formula is C25H26N4O. The molecule has 0 aliphatic carbocycles. The van der Waals surface area contributed by atoms with Gasteiger partial charge in [-0.05, 0) is 36.2 Å². The van der Waals surface area contributed by atoms with Crippen molar-refractivity contribution in [3.63, 3.8) is 0 Å². The van der Waals surface area contributed by atoms with E-state index in [-0.39, 0.29) is 5.91 Å². The minimum atomic E-state index is 0.0471. The second kappa shape index (κ2) is 8.28. The zero-order valence-electron chi connectivity index (χ0n) is 17.0. The van der Waals surface area contributed by atoms with E-state index < -0.39 is 0 Å². The van der Waals surface area contributed by atoms with Gasteiger partial charge in [0.1, 0.15) is 0 Å². The summed E-state index contributed by atoms with van der Waals surface area (Å²) in [5.74, 6) is 0.0471. The minimum Gasteiger partial charge on any atom is -0.364 e. The van der Waals surface area contributed by atoms with E-state index in [0.29, 0.717) is 11.6 Å². The first-order chi connectivity index (χ1) is 14.8. The lowest BCUT2D eigenvalue weighted by Crippen LogP contribution is -2.52. The summed E-state index contributed by atoms with van der Waals surface area (Å²) in [5.41, 5.74) is 4.22. The van der Waals surface area contributed by atoms with E-state index >= 15 is 0 Å². The number of nitrogens with zero attached hydrogens (tertiary/aromatic N) is 4. The van der Waals surface area contributed by atoms with Gasteiger partial charge in [0.25, 0.3) is 5.91 Å². The van der Waals surface area contributed by atoms with Gasteiger partial charge in [0.15, 0.2) is 0 Å². The molecule has 152 valence electrons. The predicted molar refractivity (Wildman–Crippen MR) is 120 cm³/mol. The minimum absolute atomic E-state index is 0.0471. The van der Waals surface area contributed by atoms with E-state index in [1.165, 1.54) is 11.3 Å². The van der Waals surface area contributed by atoms with Gasteiger partial charge in [-0.2, -0.15) is 0 Å². The number of anilines is 2. The molecule has 0 saturated carbocycles. The molecule has 1 fully saturated rings. The number of aromatic nitrogens is 1. The summed E-state index contributed by atoms with van der Waals surface area (Å²) in [7, 11) is 0. The molecular weight excluding hydrogens is 372 g/mol. The number of pyridine rings is 1. The highest BCUT2D eigenvalue weighted by atomic mass is 16.2. The van der Waals surface area contributed by atoms with Crippen LogP contribution in [-0.2, 0) is 6.54 Å². The fourth-order valence-corrected chi connectivity index (χ4v) is 4.66. The predicted octanol–water partition coefficient (Wildman–Crippen LogP) is 3.82. The molecule has 3 heterocycles. The number of hydrogen-bond acceptors (Lipinski definition) is 4. The molecule has 1 unspecified atom stereocenters. The highest BCUT2D eigenvalue weighted by Crippen LogP contribution is 2.36. The van der Waals surface area contributed by atoms with Gasteiger partial charge in [-0.1, -0.05) is 42.5 Å². The molecule has 0 spiro atoms. The van der Waals surface area contributed by atoms with Crippen LogP contribution in [0.1, 0.15) is 22.3 Å². The molecule has 0 bridgehead atoms. The first-order valence-corrected chi connectivity index (χ1v) is 10.6. The monoisotopic (exact) mass is 398 g/mol. The number of para-hydroxylation sites is 2. The van der Waals surface area contributed by atoms with Crippen LogP contribution < -0.4 is 9.80 Å². The van der Waals surface area contributed by atoms with Crippen LogP contribution in [0.5, 0.6) is 0 Å². The van der Waals surface area contributed by atoms with E-state index in [9.17, 15) is 4.79 Å². The normalized spacial score (nSPS) is 19.0. The molecule has 2 aromatic carbocycles. The number of carbonyl (C=O) groups is 1. The summed E-state index contributed by atoms with van der Waals surface area (Å²) in [5, 5.41) is 0. The summed E-state index contributed by atoms with van der Waals surface area (Å²) >= 11 is 0. The molecule has 30 heavy (non-hydrogen) atoms. The maximum absolute atomic E-state index is 13.3. The first kappa shape index (κ1) is 18.8. The van der Waals surface area contributed by atoms with Crippen LogP contribution in [0, 0.1) is 0 Å². The Balaban J connectivity index is 1.40. The van der Waals surface area contributed by atoms with Crippen molar-refractivity contribution in [1.82, 2.24) is 9.88 Å². The number of rotatable bonds is 3. The van der Waals surface area contributed by atoms with E-state index in [0.717, 1.165) is 44.8 Å². The second-order valence-corrected chi connectivity index (χ2v) is 8.04. The Labute approximate surface area is 177 Å². The van der Waals surface area contributed by atoms with E-state index in [1.54, 1.807) is 24.5 Å². The van der Waals surface area contributed by atoms with Crippen molar-refractivity contribution in [3.8, 4) is 0 Å². The van der Waals surface area contributed by atoms with E-state index in [1.807, 2.05) is 11.0 Å². The Bertz CT molecular complexity index is 1010. The van der Waals surface area contributed by atoms with E-state index in [4.69, 9.17) is 0 Å². The van der Waals surface area contributed by atoms with Crippen molar-refractivity contribution in [2.75, 3.05) is 36.0 Å². The summed E-state index contributed by atoms with van der Waals surface area (Å²) in [6.45, 7) is 4.72. The molecule has 5 nitrogen and oxygen atoms in total. The third-order valence-electron chi connectivity index (χ3n) is 6.16. The highest BCUT2D eigenvalue weighted by Gasteiger charge is 2.34. The van der Waals surface area contributed by atoms with E-state index in [2.05, 4.69) is 63.3 Å². The average molecular weight is 399 g/mol. The highest BCUT2D eigenvalue weighted by molar-refractivity contribution is 6.08. The molecule has 2 aliphatic rings. The summed E-state index contributed by atoms with van der Waals surface area (Å²) in [4.78, 5) is 24.3. The van der Waals surface area contributed by atoms with Crippen molar-refractivity contribution in [2.45, 2.75) is 19.0 Å². The van der Waals surface area contributed by atoms with Gasteiger partial charge in [-0.25, -0.2) is 0 Å². The van der Waals surface area contributed by atoms with Crippen molar-refractivity contribution in [3.05, 3.63) is 90.3 Å². The van der Waals surface area contributed by atoms with Crippen LogP contribution in [0.15, 0.2) is 79.1 Å². The molecule has 1 atom stereocenters. The Morgan fingerprint density at radius 2 is 1.60 bits per heavy atom. The van der Waals surface area contributed by atoms with Crippen LogP contribution in [-0.4, -0.2) is 48.0 Å². The fourth-order valence-electron chi connectivity index (χ4n) is 4.66. The Hall–Kier alpha value is -3.18. The van der Waals surface area contributed by atoms with Crippen molar-refractivity contribution < 1.29 is 4.79 Å². The Morgan fingerprint density at radius 3 is 2.40 bits per heavy atom. The van der Waals surface area contributed by atoms with Gasteiger partial charge in [-0.3, -0.25) is 14.7 Å². The van der Waals surface area contributed by atoms with Gasteiger partial charge in [0.2, 0.25) is 0 Å². The summed E-state index contributed by atoms with van der Waals surface area (Å²) in [6, 6.07) is 23.0. The largest absolute Gasteiger partial charge is 0.364 e.